The molecule has 1 aliphatic heterocycles. The van der Waals surface area contributed by atoms with Crippen LogP contribution in [-0.2, 0) is 28.9 Å². The minimum atomic E-state index is -0.190. The van der Waals surface area contributed by atoms with E-state index in [1.54, 1.807) is 18.0 Å². The number of hydrogen-bond acceptors (Lipinski definition) is 7. The topological polar surface area (TPSA) is 107 Å². The zero-order chi connectivity index (χ0) is 24.2. The molecule has 1 atom stereocenters. The third kappa shape index (κ3) is 4.79. The lowest BCUT2D eigenvalue weighted by atomic mass is 9.95. The van der Waals surface area contributed by atoms with Crippen LogP contribution in [0.5, 0.6) is 5.75 Å². The zero-order valence-electron chi connectivity index (χ0n) is 19.7. The molecule has 2 aliphatic rings. The molecule has 1 fully saturated rings. The molecule has 0 bridgehead atoms. The van der Waals surface area contributed by atoms with E-state index >= 15 is 0 Å². The van der Waals surface area contributed by atoms with Gasteiger partial charge in [-0.1, -0.05) is 23.9 Å². The number of thioether (sulfide) groups is 1. The number of para-hydroxylation sites is 2. The van der Waals surface area contributed by atoms with E-state index in [0.29, 0.717) is 28.8 Å². The smallest absolute Gasteiger partial charge is 0.235 e. The van der Waals surface area contributed by atoms with Gasteiger partial charge in [-0.25, -0.2) is 0 Å². The number of ether oxygens (including phenoxy) is 2. The van der Waals surface area contributed by atoms with Gasteiger partial charge in [-0.2, -0.15) is 5.26 Å². The number of anilines is 1. The van der Waals surface area contributed by atoms with Crippen LogP contribution in [0.1, 0.15) is 42.5 Å². The van der Waals surface area contributed by atoms with Crippen LogP contribution in [0.4, 0.5) is 5.82 Å². The second-order valence-electron chi connectivity index (χ2n) is 8.71. The first-order chi connectivity index (χ1) is 17.2. The predicted molar refractivity (Wildman–Crippen MR) is 132 cm³/mol. The number of rotatable bonds is 8. The number of methoxy groups -OCH3 is 1. The van der Waals surface area contributed by atoms with Gasteiger partial charge in [0.25, 0.3) is 0 Å². The molecule has 0 radical (unpaired) electrons. The Morgan fingerprint density at radius 3 is 2.97 bits per heavy atom. The molecule has 0 saturated carbocycles. The van der Waals surface area contributed by atoms with Crippen LogP contribution in [0.3, 0.4) is 0 Å². The Kier molecular flexibility index (Phi) is 7.06. The molecule has 1 amide bonds. The van der Waals surface area contributed by atoms with Crippen LogP contribution in [0.2, 0.25) is 0 Å². The fraction of sp³-hybridized carbons (Fsp3) is 0.440. The van der Waals surface area contributed by atoms with Crippen molar-refractivity contribution in [1.82, 2.24) is 19.3 Å². The second-order valence-corrected chi connectivity index (χ2v) is 9.65. The van der Waals surface area contributed by atoms with E-state index in [0.717, 1.165) is 56.4 Å². The number of nitrogens with one attached hydrogen (secondary N) is 1. The predicted octanol–water partition coefficient (Wildman–Crippen LogP) is 3.74. The van der Waals surface area contributed by atoms with Crippen LogP contribution < -0.4 is 10.1 Å². The molecule has 182 valence electrons. The zero-order valence-corrected chi connectivity index (χ0v) is 20.5. The highest BCUT2D eigenvalue weighted by Crippen LogP contribution is 2.34. The van der Waals surface area contributed by atoms with Crippen LogP contribution in [0.25, 0.3) is 5.69 Å². The first-order valence-electron chi connectivity index (χ1n) is 11.9. The van der Waals surface area contributed by atoms with Gasteiger partial charge in [0.2, 0.25) is 5.91 Å². The van der Waals surface area contributed by atoms with Crippen LogP contribution in [-0.4, -0.2) is 50.8 Å². The van der Waals surface area contributed by atoms with Crippen molar-refractivity contribution >= 4 is 23.5 Å². The SMILES string of the molecule is COc1ccccc1-n1cnnc1SCC(=O)Nc1c(C#N)c2c(n1CC1CCCO1)CCCC2. The van der Waals surface area contributed by atoms with Crippen molar-refractivity contribution in [1.29, 1.82) is 5.26 Å². The van der Waals surface area contributed by atoms with E-state index in [4.69, 9.17) is 9.47 Å². The largest absolute Gasteiger partial charge is 0.495 e. The Labute approximate surface area is 208 Å². The van der Waals surface area contributed by atoms with Crippen molar-refractivity contribution < 1.29 is 14.3 Å². The van der Waals surface area contributed by atoms with Crippen molar-refractivity contribution in [2.75, 3.05) is 24.8 Å². The third-order valence-electron chi connectivity index (χ3n) is 6.55. The third-order valence-corrected chi connectivity index (χ3v) is 7.49. The molecule has 3 heterocycles. The van der Waals surface area contributed by atoms with E-state index in [1.165, 1.54) is 17.5 Å². The maximum absolute atomic E-state index is 13.1. The molecule has 1 aromatic carbocycles. The van der Waals surface area contributed by atoms with Crippen LogP contribution in [0, 0.1) is 11.3 Å². The van der Waals surface area contributed by atoms with Crippen molar-refractivity contribution in [3.8, 4) is 17.5 Å². The molecular formula is C25H28N6O3S. The van der Waals surface area contributed by atoms with E-state index in [1.807, 2.05) is 24.3 Å². The summed E-state index contributed by atoms with van der Waals surface area (Å²) in [6.07, 6.45) is 7.71. The van der Waals surface area contributed by atoms with Crippen molar-refractivity contribution in [3.63, 3.8) is 0 Å². The summed E-state index contributed by atoms with van der Waals surface area (Å²) in [7, 11) is 1.61. The number of amides is 1. The van der Waals surface area contributed by atoms with E-state index in [-0.39, 0.29) is 17.8 Å². The molecule has 9 nitrogen and oxygen atoms in total. The van der Waals surface area contributed by atoms with Gasteiger partial charge < -0.3 is 19.4 Å². The summed E-state index contributed by atoms with van der Waals surface area (Å²) in [5, 5.41) is 21.8. The molecule has 10 heteroatoms. The first kappa shape index (κ1) is 23.5. The summed E-state index contributed by atoms with van der Waals surface area (Å²) < 4.78 is 15.3. The molecule has 35 heavy (non-hydrogen) atoms. The fourth-order valence-corrected chi connectivity index (χ4v) is 5.65. The molecule has 1 saturated heterocycles. The van der Waals surface area contributed by atoms with Gasteiger partial charge in [-0.15, -0.1) is 10.2 Å². The first-order valence-corrected chi connectivity index (χ1v) is 12.9. The summed E-state index contributed by atoms with van der Waals surface area (Å²) in [6.45, 7) is 1.43. The van der Waals surface area contributed by atoms with E-state index in [9.17, 15) is 10.1 Å². The Morgan fingerprint density at radius 1 is 1.31 bits per heavy atom. The highest BCUT2D eigenvalue weighted by atomic mass is 32.2. The lowest BCUT2D eigenvalue weighted by Gasteiger charge is -2.19. The van der Waals surface area contributed by atoms with Gasteiger partial charge in [-0.05, 0) is 56.2 Å². The van der Waals surface area contributed by atoms with Gasteiger partial charge in [0.1, 0.15) is 24.0 Å². The van der Waals surface area contributed by atoms with Crippen LogP contribution >= 0.6 is 11.8 Å². The van der Waals surface area contributed by atoms with Gasteiger partial charge >= 0.3 is 0 Å². The molecule has 3 aromatic rings. The normalized spacial score (nSPS) is 17.1. The van der Waals surface area contributed by atoms with Crippen molar-refractivity contribution in [2.24, 2.45) is 0 Å². The Balaban J connectivity index is 1.35. The minimum Gasteiger partial charge on any atom is -0.495 e. The van der Waals surface area contributed by atoms with Gasteiger partial charge in [0, 0.05) is 12.3 Å². The summed E-state index contributed by atoms with van der Waals surface area (Å²) in [5.74, 6) is 1.24. The highest BCUT2D eigenvalue weighted by Gasteiger charge is 2.28. The standard InChI is InChI=1S/C25H28N6O3S/c1-33-22-11-5-4-10-21(22)31-16-27-29-25(31)35-15-23(32)28-24-19(13-26)18-8-2-3-9-20(18)30(24)14-17-7-6-12-34-17/h4-5,10-11,16-17H,2-3,6-9,12,14-15H2,1H3,(H,28,32). The maximum Gasteiger partial charge on any atom is 0.235 e. The number of nitriles is 1. The number of aromatic nitrogens is 4. The number of nitrogens with zero attached hydrogens (tertiary/aromatic N) is 5. The van der Waals surface area contributed by atoms with Crippen molar-refractivity contribution in [2.45, 2.75) is 56.3 Å². The number of benzene rings is 1. The molecule has 1 aliphatic carbocycles. The van der Waals surface area contributed by atoms with E-state index < -0.39 is 0 Å². The maximum atomic E-state index is 13.1. The van der Waals surface area contributed by atoms with Gasteiger partial charge in [0.15, 0.2) is 5.16 Å². The Hall–Kier alpha value is -3.29. The molecular weight excluding hydrogens is 464 g/mol. The van der Waals surface area contributed by atoms with E-state index in [2.05, 4.69) is 26.2 Å². The average Bonchev–Trinajstić information content (AvgIpc) is 3.63. The Bertz CT molecular complexity index is 1250. The highest BCUT2D eigenvalue weighted by molar-refractivity contribution is 7.99. The lowest BCUT2D eigenvalue weighted by Crippen LogP contribution is -2.23. The molecule has 0 spiro atoms. The van der Waals surface area contributed by atoms with Gasteiger partial charge in [-0.3, -0.25) is 9.36 Å². The van der Waals surface area contributed by atoms with Crippen LogP contribution in [0.15, 0.2) is 35.7 Å². The molecule has 1 N–H and O–H groups in total. The number of carbonyl (C=O) groups is 1. The average molecular weight is 493 g/mol. The summed E-state index contributed by atoms with van der Waals surface area (Å²) in [5.41, 5.74) is 3.64. The molecule has 1 unspecified atom stereocenters. The number of carbonyl (C=O) groups excluding carboxylic acids is 1. The van der Waals surface area contributed by atoms with Crippen molar-refractivity contribution in [3.05, 3.63) is 47.4 Å². The second kappa shape index (κ2) is 10.5. The quantitative estimate of drug-likeness (QED) is 0.477. The monoisotopic (exact) mass is 492 g/mol. The molecule has 2 aromatic heterocycles. The summed E-state index contributed by atoms with van der Waals surface area (Å²) in [4.78, 5) is 13.1. The minimum absolute atomic E-state index is 0.115. The number of fused-ring (bicyclic) bond motifs is 1. The number of hydrogen-bond donors (Lipinski definition) is 1. The summed E-state index contributed by atoms with van der Waals surface area (Å²) in [6, 6.07) is 9.94. The fourth-order valence-electron chi connectivity index (χ4n) is 4.93. The Morgan fingerprint density at radius 2 is 2.17 bits per heavy atom. The van der Waals surface area contributed by atoms with Gasteiger partial charge in [0.05, 0.1) is 36.8 Å². The summed E-state index contributed by atoms with van der Waals surface area (Å²) >= 11 is 1.29. The lowest BCUT2D eigenvalue weighted by molar-refractivity contribution is -0.113. The molecule has 5 rings (SSSR count).